The Morgan fingerprint density at radius 2 is 2.44 bits per heavy atom. The number of nitrogens with one attached hydrogen (secondary N) is 1. The lowest BCUT2D eigenvalue weighted by Crippen LogP contribution is -2.40. The average Bonchev–Trinajstić information content (AvgIpc) is 2.86. The number of carbonyl (C=O) groups excluding carboxylic acids is 1. The van der Waals surface area contributed by atoms with E-state index in [1.54, 1.807) is 13.0 Å². The first-order chi connectivity index (χ1) is 7.68. The summed E-state index contributed by atoms with van der Waals surface area (Å²) in [7, 11) is 0. The molecule has 1 aliphatic rings. The van der Waals surface area contributed by atoms with Crippen LogP contribution in [0, 0.1) is 6.92 Å². The fourth-order valence-corrected chi connectivity index (χ4v) is 1.99. The molecule has 88 valence electrons. The molecule has 1 N–H and O–H groups in total. The van der Waals surface area contributed by atoms with Gasteiger partial charge in [0.1, 0.15) is 5.76 Å². The van der Waals surface area contributed by atoms with Crippen LogP contribution >= 0.6 is 0 Å². The van der Waals surface area contributed by atoms with Crippen molar-refractivity contribution in [3.8, 4) is 0 Å². The Hall–Kier alpha value is -1.29. The molecule has 0 bridgehead atoms. The number of amides is 1. The van der Waals surface area contributed by atoms with Crippen LogP contribution < -0.4 is 5.32 Å². The number of ether oxygens (including phenoxy) is 1. The highest BCUT2D eigenvalue weighted by Gasteiger charge is 2.24. The molecule has 2 rings (SSSR count). The summed E-state index contributed by atoms with van der Waals surface area (Å²) in [6.45, 7) is 4.56. The van der Waals surface area contributed by atoms with Gasteiger partial charge >= 0.3 is 0 Å². The molecule has 0 aromatic carbocycles. The average molecular weight is 223 g/mol. The molecule has 4 heteroatoms. The highest BCUT2D eigenvalue weighted by Crippen LogP contribution is 2.16. The van der Waals surface area contributed by atoms with Crippen molar-refractivity contribution in [2.45, 2.75) is 38.8 Å². The van der Waals surface area contributed by atoms with Crippen molar-refractivity contribution in [1.29, 1.82) is 0 Å². The molecule has 1 aromatic rings. The Labute approximate surface area is 95.0 Å². The second-order valence-electron chi connectivity index (χ2n) is 4.20. The van der Waals surface area contributed by atoms with Gasteiger partial charge in [-0.15, -0.1) is 0 Å². The second-order valence-corrected chi connectivity index (χ2v) is 4.20. The van der Waals surface area contributed by atoms with Crippen LogP contribution in [0.4, 0.5) is 0 Å². The van der Waals surface area contributed by atoms with Crippen LogP contribution in [0.25, 0.3) is 0 Å². The van der Waals surface area contributed by atoms with Crippen LogP contribution in [-0.4, -0.2) is 24.7 Å². The van der Waals surface area contributed by atoms with Gasteiger partial charge in [-0.05, 0) is 32.8 Å². The zero-order valence-corrected chi connectivity index (χ0v) is 9.66. The van der Waals surface area contributed by atoms with Gasteiger partial charge in [-0.25, -0.2) is 0 Å². The minimum atomic E-state index is -0.0887. The third-order valence-electron chi connectivity index (χ3n) is 2.98. The lowest BCUT2D eigenvalue weighted by Gasteiger charge is -2.19. The molecule has 0 unspecified atom stereocenters. The van der Waals surface area contributed by atoms with Crippen molar-refractivity contribution in [1.82, 2.24) is 5.32 Å². The molecule has 2 atom stereocenters. The SMILES string of the molecule is Cc1occc1C(=O)N[C@H](C)[C@H]1CCCO1. The Kier molecular flexibility index (Phi) is 3.29. The summed E-state index contributed by atoms with van der Waals surface area (Å²) in [6, 6.07) is 1.73. The molecule has 1 aliphatic heterocycles. The Bertz CT molecular complexity index is 366. The van der Waals surface area contributed by atoms with Gasteiger partial charge in [0.05, 0.1) is 24.0 Å². The molecule has 4 nitrogen and oxygen atoms in total. The molecule has 1 aromatic heterocycles. The van der Waals surface area contributed by atoms with Gasteiger partial charge in [0.25, 0.3) is 5.91 Å². The fraction of sp³-hybridized carbons (Fsp3) is 0.583. The predicted octanol–water partition coefficient (Wildman–Crippen LogP) is 1.89. The first-order valence-electron chi connectivity index (χ1n) is 5.65. The number of hydrogen-bond donors (Lipinski definition) is 1. The molecular weight excluding hydrogens is 206 g/mol. The van der Waals surface area contributed by atoms with Crippen molar-refractivity contribution in [3.05, 3.63) is 23.7 Å². The van der Waals surface area contributed by atoms with Crippen molar-refractivity contribution in [2.24, 2.45) is 0 Å². The molecule has 2 heterocycles. The monoisotopic (exact) mass is 223 g/mol. The summed E-state index contributed by atoms with van der Waals surface area (Å²) in [5.74, 6) is 0.561. The van der Waals surface area contributed by atoms with E-state index in [4.69, 9.17) is 9.15 Å². The van der Waals surface area contributed by atoms with Crippen molar-refractivity contribution in [2.75, 3.05) is 6.61 Å². The zero-order valence-electron chi connectivity index (χ0n) is 9.66. The van der Waals surface area contributed by atoms with E-state index >= 15 is 0 Å². The van der Waals surface area contributed by atoms with E-state index in [0.717, 1.165) is 19.4 Å². The van der Waals surface area contributed by atoms with E-state index in [2.05, 4.69) is 5.32 Å². The minimum absolute atomic E-state index is 0.0456. The Morgan fingerprint density at radius 1 is 1.62 bits per heavy atom. The van der Waals surface area contributed by atoms with Crippen molar-refractivity contribution in [3.63, 3.8) is 0 Å². The van der Waals surface area contributed by atoms with Gasteiger partial charge in [0.15, 0.2) is 0 Å². The fourth-order valence-electron chi connectivity index (χ4n) is 1.99. The lowest BCUT2D eigenvalue weighted by atomic mass is 10.1. The van der Waals surface area contributed by atoms with E-state index in [-0.39, 0.29) is 18.1 Å². The molecule has 0 radical (unpaired) electrons. The number of hydrogen-bond acceptors (Lipinski definition) is 3. The molecule has 0 spiro atoms. The van der Waals surface area contributed by atoms with Gasteiger partial charge in [0.2, 0.25) is 0 Å². The molecule has 1 saturated heterocycles. The summed E-state index contributed by atoms with van der Waals surface area (Å²) in [5.41, 5.74) is 0.602. The summed E-state index contributed by atoms with van der Waals surface area (Å²) >= 11 is 0. The van der Waals surface area contributed by atoms with Gasteiger partial charge in [-0.2, -0.15) is 0 Å². The highest BCUT2D eigenvalue weighted by molar-refractivity contribution is 5.95. The maximum Gasteiger partial charge on any atom is 0.255 e. The van der Waals surface area contributed by atoms with Gasteiger partial charge in [0, 0.05) is 6.61 Å². The summed E-state index contributed by atoms with van der Waals surface area (Å²) in [6.07, 6.45) is 3.78. The standard InChI is InChI=1S/C12H17NO3/c1-8(11-4-3-6-16-11)13-12(14)10-5-7-15-9(10)2/h5,7-8,11H,3-4,6H2,1-2H3,(H,13,14)/t8-,11-/m1/s1. The van der Waals surface area contributed by atoms with E-state index in [9.17, 15) is 4.79 Å². The normalized spacial score (nSPS) is 22.0. The van der Waals surface area contributed by atoms with Crippen LogP contribution in [0.5, 0.6) is 0 Å². The van der Waals surface area contributed by atoms with E-state index in [1.807, 2.05) is 6.92 Å². The largest absolute Gasteiger partial charge is 0.469 e. The smallest absolute Gasteiger partial charge is 0.255 e. The number of rotatable bonds is 3. The quantitative estimate of drug-likeness (QED) is 0.851. The highest BCUT2D eigenvalue weighted by atomic mass is 16.5. The zero-order chi connectivity index (χ0) is 11.5. The molecule has 1 amide bonds. The van der Waals surface area contributed by atoms with E-state index in [1.165, 1.54) is 6.26 Å². The number of carbonyl (C=O) groups is 1. The maximum absolute atomic E-state index is 11.9. The third-order valence-corrected chi connectivity index (χ3v) is 2.98. The van der Waals surface area contributed by atoms with Gasteiger partial charge < -0.3 is 14.5 Å². The molecule has 0 aliphatic carbocycles. The van der Waals surface area contributed by atoms with Crippen LogP contribution in [-0.2, 0) is 4.74 Å². The number of furan rings is 1. The molecule has 0 saturated carbocycles. The van der Waals surface area contributed by atoms with Crippen LogP contribution in [0.3, 0.4) is 0 Å². The van der Waals surface area contributed by atoms with E-state index < -0.39 is 0 Å². The van der Waals surface area contributed by atoms with Gasteiger partial charge in [-0.1, -0.05) is 0 Å². The van der Waals surface area contributed by atoms with Gasteiger partial charge in [-0.3, -0.25) is 4.79 Å². The van der Waals surface area contributed by atoms with Crippen molar-refractivity contribution >= 4 is 5.91 Å². The van der Waals surface area contributed by atoms with Crippen LogP contribution in [0.2, 0.25) is 0 Å². The topological polar surface area (TPSA) is 51.5 Å². The summed E-state index contributed by atoms with van der Waals surface area (Å²) in [5, 5.41) is 2.94. The third kappa shape index (κ3) is 2.27. The molecular formula is C12H17NO3. The Balaban J connectivity index is 1.94. The molecule has 1 fully saturated rings. The van der Waals surface area contributed by atoms with Crippen LogP contribution in [0.15, 0.2) is 16.7 Å². The van der Waals surface area contributed by atoms with Crippen molar-refractivity contribution < 1.29 is 13.9 Å². The minimum Gasteiger partial charge on any atom is -0.469 e. The predicted molar refractivity (Wildman–Crippen MR) is 59.3 cm³/mol. The summed E-state index contributed by atoms with van der Waals surface area (Å²) < 4.78 is 10.6. The first kappa shape index (κ1) is 11.2. The first-order valence-corrected chi connectivity index (χ1v) is 5.65. The second kappa shape index (κ2) is 4.70. The molecule has 16 heavy (non-hydrogen) atoms. The maximum atomic E-state index is 11.9. The number of aryl methyl sites for hydroxylation is 1. The Morgan fingerprint density at radius 3 is 3.00 bits per heavy atom. The van der Waals surface area contributed by atoms with E-state index in [0.29, 0.717) is 11.3 Å². The lowest BCUT2D eigenvalue weighted by molar-refractivity contribution is 0.0711. The summed E-state index contributed by atoms with van der Waals surface area (Å²) in [4.78, 5) is 11.9. The van der Waals surface area contributed by atoms with Crippen LogP contribution in [0.1, 0.15) is 35.9 Å².